The van der Waals surface area contributed by atoms with Gasteiger partial charge < -0.3 is 9.47 Å². The molecule has 2 aliphatic rings. The molecule has 0 aromatic carbocycles. The zero-order chi connectivity index (χ0) is 9.64. The molecule has 2 fully saturated rings. The topological polar surface area (TPSA) is 52.6 Å². The van der Waals surface area contributed by atoms with Gasteiger partial charge >= 0.3 is 11.9 Å². The molecule has 1 aliphatic heterocycles. The average molecular weight is 184 g/mol. The van der Waals surface area contributed by atoms with Crippen molar-refractivity contribution in [3.05, 3.63) is 0 Å². The summed E-state index contributed by atoms with van der Waals surface area (Å²) in [5.41, 5.74) is -0.954. The molecule has 0 bridgehead atoms. The van der Waals surface area contributed by atoms with E-state index in [-0.39, 0.29) is 18.6 Å². The summed E-state index contributed by atoms with van der Waals surface area (Å²) in [6, 6.07) is 0. The van der Waals surface area contributed by atoms with Crippen molar-refractivity contribution in [3.63, 3.8) is 0 Å². The van der Waals surface area contributed by atoms with Crippen LogP contribution in [-0.2, 0) is 19.1 Å². The molecule has 1 heterocycles. The number of ether oxygens (including phenoxy) is 2. The van der Waals surface area contributed by atoms with Gasteiger partial charge in [-0.05, 0) is 19.3 Å². The van der Waals surface area contributed by atoms with E-state index in [9.17, 15) is 9.59 Å². The van der Waals surface area contributed by atoms with Crippen molar-refractivity contribution in [2.24, 2.45) is 11.3 Å². The van der Waals surface area contributed by atoms with Gasteiger partial charge in [0.2, 0.25) is 0 Å². The van der Waals surface area contributed by atoms with E-state index in [1.54, 1.807) is 6.92 Å². The highest BCUT2D eigenvalue weighted by Gasteiger charge is 2.67. The van der Waals surface area contributed by atoms with Gasteiger partial charge in [0.25, 0.3) is 0 Å². The number of hydrogen-bond donors (Lipinski definition) is 0. The van der Waals surface area contributed by atoms with Gasteiger partial charge in [-0.2, -0.15) is 0 Å². The van der Waals surface area contributed by atoms with Crippen LogP contribution < -0.4 is 0 Å². The van der Waals surface area contributed by atoms with E-state index in [2.05, 4.69) is 0 Å². The summed E-state index contributed by atoms with van der Waals surface area (Å²) in [7, 11) is 0. The number of carbonyl (C=O) groups is 2. The second-order valence-electron chi connectivity index (χ2n) is 3.89. The van der Waals surface area contributed by atoms with E-state index in [4.69, 9.17) is 9.47 Å². The van der Waals surface area contributed by atoms with Gasteiger partial charge in [0.1, 0.15) is 12.7 Å². The molecule has 13 heavy (non-hydrogen) atoms. The Hall–Kier alpha value is -1.06. The zero-order valence-corrected chi connectivity index (χ0v) is 7.70. The van der Waals surface area contributed by atoms with Crippen LogP contribution in [0.25, 0.3) is 0 Å². The largest absolute Gasteiger partial charge is 0.461 e. The predicted molar refractivity (Wildman–Crippen MR) is 42.7 cm³/mol. The number of cyclic esters (lactones) is 2. The smallest absolute Gasteiger partial charge is 0.324 e. The highest BCUT2D eigenvalue weighted by Crippen LogP contribution is 2.54. The van der Waals surface area contributed by atoms with Crippen LogP contribution in [0.3, 0.4) is 0 Å². The Morgan fingerprint density at radius 1 is 1.31 bits per heavy atom. The maximum Gasteiger partial charge on any atom is 0.324 e. The van der Waals surface area contributed by atoms with Crippen LogP contribution in [-0.4, -0.2) is 24.6 Å². The molecule has 4 heteroatoms. The maximum atomic E-state index is 11.5. The summed E-state index contributed by atoms with van der Waals surface area (Å²) >= 11 is 0. The standard InChI is InChI=1S/C9H12O4/c1-5-3-9(5)7(10)12-4-6(2)13-8(9)11/h5-6H,3-4H2,1-2H3. The second-order valence-corrected chi connectivity index (χ2v) is 3.89. The quantitative estimate of drug-likeness (QED) is 0.406. The van der Waals surface area contributed by atoms with Crippen LogP contribution >= 0.6 is 0 Å². The normalized spacial score (nSPS) is 43.8. The molecule has 3 unspecified atom stereocenters. The Morgan fingerprint density at radius 2 is 1.92 bits per heavy atom. The summed E-state index contributed by atoms with van der Waals surface area (Å²) in [6.07, 6.45) is 0.251. The van der Waals surface area contributed by atoms with Gasteiger partial charge in [0, 0.05) is 0 Å². The highest BCUT2D eigenvalue weighted by atomic mass is 16.6. The van der Waals surface area contributed by atoms with Gasteiger partial charge in [-0.15, -0.1) is 0 Å². The Balaban J connectivity index is 2.25. The fraction of sp³-hybridized carbons (Fsp3) is 0.778. The van der Waals surface area contributed by atoms with E-state index >= 15 is 0 Å². The number of rotatable bonds is 0. The first-order valence-electron chi connectivity index (χ1n) is 4.45. The van der Waals surface area contributed by atoms with Crippen molar-refractivity contribution in [2.75, 3.05) is 6.61 Å². The first kappa shape index (κ1) is 8.53. The minimum absolute atomic E-state index is 0.0674. The molecule has 3 atom stereocenters. The van der Waals surface area contributed by atoms with Crippen molar-refractivity contribution in [3.8, 4) is 0 Å². The maximum absolute atomic E-state index is 11.5. The first-order valence-corrected chi connectivity index (χ1v) is 4.45. The molecule has 0 N–H and O–H groups in total. The van der Waals surface area contributed by atoms with Crippen LogP contribution in [0.4, 0.5) is 0 Å². The van der Waals surface area contributed by atoms with E-state index in [0.717, 1.165) is 0 Å². The molecule has 1 aliphatic carbocycles. The lowest BCUT2D eigenvalue weighted by atomic mass is 10.1. The number of esters is 2. The molecule has 0 aromatic rings. The minimum Gasteiger partial charge on any atom is -0.461 e. The third-order valence-electron chi connectivity index (χ3n) is 2.80. The molecule has 1 saturated heterocycles. The summed E-state index contributed by atoms with van der Waals surface area (Å²) < 4.78 is 9.99. The van der Waals surface area contributed by atoms with Crippen LogP contribution in [0.2, 0.25) is 0 Å². The molecule has 0 radical (unpaired) electrons. The van der Waals surface area contributed by atoms with Crippen LogP contribution in [0.5, 0.6) is 0 Å². The zero-order valence-electron chi connectivity index (χ0n) is 7.70. The van der Waals surface area contributed by atoms with Crippen molar-refractivity contribution in [1.29, 1.82) is 0 Å². The monoisotopic (exact) mass is 184 g/mol. The Labute approximate surface area is 76.2 Å². The minimum atomic E-state index is -0.954. The average Bonchev–Trinajstić information content (AvgIpc) is 2.74. The third kappa shape index (κ3) is 1.04. The fourth-order valence-corrected chi connectivity index (χ4v) is 1.72. The van der Waals surface area contributed by atoms with Gasteiger partial charge in [-0.25, -0.2) is 0 Å². The summed E-state index contributed by atoms with van der Waals surface area (Å²) in [5.74, 6) is -0.748. The predicted octanol–water partition coefficient (Wildman–Crippen LogP) is 0.501. The molecule has 1 saturated carbocycles. The third-order valence-corrected chi connectivity index (χ3v) is 2.80. The van der Waals surface area contributed by atoms with Crippen molar-refractivity contribution in [2.45, 2.75) is 26.4 Å². The van der Waals surface area contributed by atoms with Crippen LogP contribution in [0.15, 0.2) is 0 Å². The van der Waals surface area contributed by atoms with Crippen LogP contribution in [0, 0.1) is 11.3 Å². The highest BCUT2D eigenvalue weighted by molar-refractivity contribution is 6.04. The summed E-state index contributed by atoms with van der Waals surface area (Å²) in [5, 5.41) is 0. The molecule has 0 amide bonds. The van der Waals surface area contributed by atoms with Crippen molar-refractivity contribution >= 4 is 11.9 Å². The second kappa shape index (κ2) is 2.47. The van der Waals surface area contributed by atoms with Crippen molar-refractivity contribution < 1.29 is 19.1 Å². The fourth-order valence-electron chi connectivity index (χ4n) is 1.72. The van der Waals surface area contributed by atoms with E-state index in [1.165, 1.54) is 0 Å². The Kier molecular flexibility index (Phi) is 1.62. The molecule has 2 rings (SSSR count). The van der Waals surface area contributed by atoms with Gasteiger partial charge in [0.15, 0.2) is 5.41 Å². The lowest BCUT2D eigenvalue weighted by Gasteiger charge is -2.08. The number of hydrogen-bond acceptors (Lipinski definition) is 4. The van der Waals surface area contributed by atoms with Crippen molar-refractivity contribution in [1.82, 2.24) is 0 Å². The first-order chi connectivity index (χ1) is 6.07. The molecular weight excluding hydrogens is 172 g/mol. The van der Waals surface area contributed by atoms with Crippen LogP contribution in [0.1, 0.15) is 20.3 Å². The molecule has 1 spiro atoms. The van der Waals surface area contributed by atoms with Gasteiger partial charge in [-0.1, -0.05) is 6.92 Å². The lowest BCUT2D eigenvalue weighted by Crippen LogP contribution is -2.28. The Bertz CT molecular complexity index is 273. The van der Waals surface area contributed by atoms with Gasteiger partial charge in [0.05, 0.1) is 0 Å². The Morgan fingerprint density at radius 3 is 2.46 bits per heavy atom. The number of carbonyl (C=O) groups excluding carboxylic acids is 2. The molecule has 72 valence electrons. The SMILES string of the molecule is CC1COC(=O)C2(CC2C)C(=O)O1. The molecular formula is C9H12O4. The van der Waals surface area contributed by atoms with E-state index < -0.39 is 17.4 Å². The van der Waals surface area contributed by atoms with E-state index in [0.29, 0.717) is 6.42 Å². The van der Waals surface area contributed by atoms with E-state index in [1.807, 2.05) is 6.92 Å². The molecule has 0 aromatic heterocycles. The molecule has 4 nitrogen and oxygen atoms in total. The summed E-state index contributed by atoms with van der Waals surface area (Å²) in [4.78, 5) is 22.9. The van der Waals surface area contributed by atoms with Gasteiger partial charge in [-0.3, -0.25) is 9.59 Å². The lowest BCUT2D eigenvalue weighted by molar-refractivity contribution is -0.158. The summed E-state index contributed by atoms with van der Waals surface area (Å²) in [6.45, 7) is 3.76.